The molecule has 2 unspecified atom stereocenters. The van der Waals surface area contributed by atoms with Crippen molar-refractivity contribution >= 4 is 15.9 Å². The first-order valence-corrected chi connectivity index (χ1v) is 10.2. The van der Waals surface area contributed by atoms with E-state index in [0.717, 1.165) is 19.4 Å². The molecule has 25 heavy (non-hydrogen) atoms. The molecule has 2 atom stereocenters. The summed E-state index contributed by atoms with van der Waals surface area (Å²) in [6.45, 7) is 5.06. The lowest BCUT2D eigenvalue weighted by atomic mass is 10.0. The van der Waals surface area contributed by atoms with Gasteiger partial charge < -0.3 is 15.0 Å². The van der Waals surface area contributed by atoms with E-state index in [1.165, 1.54) is 12.1 Å². The third-order valence-corrected chi connectivity index (χ3v) is 6.19. The van der Waals surface area contributed by atoms with Crippen molar-refractivity contribution in [3.8, 4) is 0 Å². The minimum Gasteiger partial charge on any atom is -0.378 e. The molecule has 3 rings (SSSR count). The molecule has 1 aromatic carbocycles. The van der Waals surface area contributed by atoms with E-state index >= 15 is 0 Å². The number of ether oxygens (including phenoxy) is 1. The number of carbonyl (C=O) groups excluding carboxylic acids is 1. The van der Waals surface area contributed by atoms with Crippen molar-refractivity contribution in [1.29, 1.82) is 0 Å². The zero-order chi connectivity index (χ0) is 17.9. The second-order valence-corrected chi connectivity index (χ2v) is 8.34. The number of piperidine rings is 1. The van der Waals surface area contributed by atoms with Crippen molar-refractivity contribution in [2.24, 2.45) is 0 Å². The van der Waals surface area contributed by atoms with Gasteiger partial charge in [-0.05, 0) is 50.6 Å². The van der Waals surface area contributed by atoms with Crippen LogP contribution in [0.5, 0.6) is 0 Å². The molecule has 0 aromatic heterocycles. The zero-order valence-electron chi connectivity index (χ0n) is 14.4. The first-order chi connectivity index (χ1) is 12.0. The third-order valence-electron chi connectivity index (χ3n) is 4.66. The van der Waals surface area contributed by atoms with Crippen LogP contribution < -0.4 is 10.0 Å². The highest BCUT2D eigenvalue weighted by Gasteiger charge is 2.25. The van der Waals surface area contributed by atoms with Gasteiger partial charge in [-0.2, -0.15) is 0 Å². The largest absolute Gasteiger partial charge is 0.378 e. The van der Waals surface area contributed by atoms with Crippen LogP contribution in [-0.4, -0.2) is 64.2 Å². The van der Waals surface area contributed by atoms with Crippen molar-refractivity contribution in [1.82, 2.24) is 14.9 Å². The number of amides is 1. The number of hydrogen-bond acceptors (Lipinski definition) is 5. The van der Waals surface area contributed by atoms with Crippen LogP contribution in [0.25, 0.3) is 0 Å². The van der Waals surface area contributed by atoms with Gasteiger partial charge in [0.15, 0.2) is 0 Å². The SMILES string of the molecule is CC1CC(NS(=O)(=O)c2ccc(C(=O)N3CCOCC3)cc2)CCN1. The van der Waals surface area contributed by atoms with Crippen molar-refractivity contribution in [3.05, 3.63) is 29.8 Å². The third kappa shape index (κ3) is 4.58. The number of sulfonamides is 1. The van der Waals surface area contributed by atoms with Crippen LogP contribution in [0.1, 0.15) is 30.1 Å². The summed E-state index contributed by atoms with van der Waals surface area (Å²) in [5.41, 5.74) is 0.497. The Labute approximate surface area is 148 Å². The van der Waals surface area contributed by atoms with Gasteiger partial charge in [0.2, 0.25) is 10.0 Å². The predicted octanol–water partition coefficient (Wildman–Crippen LogP) is 0.578. The Morgan fingerprint density at radius 3 is 2.56 bits per heavy atom. The maximum absolute atomic E-state index is 12.5. The molecule has 0 bridgehead atoms. The molecular formula is C17H25N3O4S. The number of nitrogens with one attached hydrogen (secondary N) is 2. The Hall–Kier alpha value is -1.48. The second-order valence-electron chi connectivity index (χ2n) is 6.63. The van der Waals surface area contributed by atoms with Gasteiger partial charge in [0.1, 0.15) is 0 Å². The number of morpholine rings is 1. The van der Waals surface area contributed by atoms with E-state index in [2.05, 4.69) is 10.0 Å². The smallest absolute Gasteiger partial charge is 0.254 e. The molecule has 138 valence electrons. The van der Waals surface area contributed by atoms with Crippen LogP contribution in [0.3, 0.4) is 0 Å². The summed E-state index contributed by atoms with van der Waals surface area (Å²) >= 11 is 0. The Morgan fingerprint density at radius 2 is 1.92 bits per heavy atom. The number of nitrogens with zero attached hydrogens (tertiary/aromatic N) is 1. The van der Waals surface area contributed by atoms with Gasteiger partial charge in [0.25, 0.3) is 5.91 Å². The van der Waals surface area contributed by atoms with Crippen LogP contribution >= 0.6 is 0 Å². The highest BCUT2D eigenvalue weighted by molar-refractivity contribution is 7.89. The van der Waals surface area contributed by atoms with Crippen molar-refractivity contribution in [3.63, 3.8) is 0 Å². The molecular weight excluding hydrogens is 342 g/mol. The van der Waals surface area contributed by atoms with E-state index < -0.39 is 10.0 Å². The van der Waals surface area contributed by atoms with Crippen LogP contribution in [0.4, 0.5) is 0 Å². The van der Waals surface area contributed by atoms with E-state index in [1.54, 1.807) is 17.0 Å². The summed E-state index contributed by atoms with van der Waals surface area (Å²) in [5, 5.41) is 3.30. The Bertz CT molecular complexity index is 699. The molecule has 0 saturated carbocycles. The molecule has 2 heterocycles. The fourth-order valence-corrected chi connectivity index (χ4v) is 4.54. The van der Waals surface area contributed by atoms with Gasteiger partial charge in [-0.25, -0.2) is 13.1 Å². The van der Waals surface area contributed by atoms with Crippen molar-refractivity contribution in [2.45, 2.75) is 36.7 Å². The lowest BCUT2D eigenvalue weighted by molar-refractivity contribution is 0.0303. The predicted molar refractivity (Wildman–Crippen MR) is 94.0 cm³/mol. The molecule has 8 heteroatoms. The van der Waals surface area contributed by atoms with Gasteiger partial charge in [0.05, 0.1) is 18.1 Å². The standard InChI is InChI=1S/C17H25N3O4S/c1-13-12-15(6-7-18-13)19-25(22,23)16-4-2-14(3-5-16)17(21)20-8-10-24-11-9-20/h2-5,13,15,18-19H,6-12H2,1H3. The fraction of sp³-hybridized carbons (Fsp3) is 0.588. The molecule has 7 nitrogen and oxygen atoms in total. The second kappa shape index (κ2) is 7.82. The van der Waals surface area contributed by atoms with E-state index in [1.807, 2.05) is 6.92 Å². The molecule has 0 radical (unpaired) electrons. The zero-order valence-corrected chi connectivity index (χ0v) is 15.2. The summed E-state index contributed by atoms with van der Waals surface area (Å²) in [5.74, 6) is -0.0904. The van der Waals surface area contributed by atoms with E-state index in [9.17, 15) is 13.2 Å². The van der Waals surface area contributed by atoms with Crippen LogP contribution in [0.2, 0.25) is 0 Å². The van der Waals surface area contributed by atoms with Crippen LogP contribution in [0.15, 0.2) is 29.2 Å². The topological polar surface area (TPSA) is 87.7 Å². The lowest BCUT2D eigenvalue weighted by Gasteiger charge is -2.28. The first kappa shape index (κ1) is 18.3. The summed E-state index contributed by atoms with van der Waals surface area (Å²) in [4.78, 5) is 14.3. The minimum absolute atomic E-state index is 0.0593. The fourth-order valence-electron chi connectivity index (χ4n) is 3.25. The normalized spacial score (nSPS) is 24.9. The summed E-state index contributed by atoms with van der Waals surface area (Å²) < 4.78 is 33.1. The molecule has 1 amide bonds. The maximum atomic E-state index is 12.5. The minimum atomic E-state index is -3.57. The van der Waals surface area contributed by atoms with Crippen molar-refractivity contribution in [2.75, 3.05) is 32.8 Å². The molecule has 2 aliphatic heterocycles. The highest BCUT2D eigenvalue weighted by Crippen LogP contribution is 2.16. The quantitative estimate of drug-likeness (QED) is 0.813. The maximum Gasteiger partial charge on any atom is 0.254 e. The average molecular weight is 367 g/mol. The van der Waals surface area contributed by atoms with E-state index in [4.69, 9.17) is 4.74 Å². The summed E-state index contributed by atoms with van der Waals surface area (Å²) in [7, 11) is -3.57. The Balaban J connectivity index is 1.67. The van der Waals surface area contributed by atoms with Crippen molar-refractivity contribution < 1.29 is 17.9 Å². The van der Waals surface area contributed by atoms with Gasteiger partial charge >= 0.3 is 0 Å². The molecule has 0 spiro atoms. The van der Waals surface area contributed by atoms with Gasteiger partial charge in [-0.15, -0.1) is 0 Å². The average Bonchev–Trinajstić information content (AvgIpc) is 2.61. The number of carbonyl (C=O) groups is 1. The molecule has 0 aliphatic carbocycles. The number of hydrogen-bond donors (Lipinski definition) is 2. The van der Waals surface area contributed by atoms with Gasteiger partial charge in [-0.1, -0.05) is 0 Å². The Morgan fingerprint density at radius 1 is 1.24 bits per heavy atom. The summed E-state index contributed by atoms with van der Waals surface area (Å²) in [6, 6.07) is 6.40. The molecule has 2 aliphatic rings. The molecule has 2 fully saturated rings. The number of rotatable bonds is 4. The first-order valence-electron chi connectivity index (χ1n) is 8.68. The molecule has 2 N–H and O–H groups in total. The Kier molecular flexibility index (Phi) is 5.73. The summed E-state index contributed by atoms with van der Waals surface area (Å²) in [6.07, 6.45) is 1.55. The lowest BCUT2D eigenvalue weighted by Crippen LogP contribution is -2.46. The van der Waals surface area contributed by atoms with Gasteiger partial charge in [-0.3, -0.25) is 4.79 Å². The van der Waals surface area contributed by atoms with E-state index in [0.29, 0.717) is 37.9 Å². The van der Waals surface area contributed by atoms with Crippen LogP contribution in [-0.2, 0) is 14.8 Å². The molecule has 1 aromatic rings. The molecule has 2 saturated heterocycles. The van der Waals surface area contributed by atoms with E-state index in [-0.39, 0.29) is 16.8 Å². The number of benzene rings is 1. The van der Waals surface area contributed by atoms with Crippen LogP contribution in [0, 0.1) is 0 Å². The monoisotopic (exact) mass is 367 g/mol. The highest BCUT2D eigenvalue weighted by atomic mass is 32.2. The van der Waals surface area contributed by atoms with Gasteiger partial charge in [0, 0.05) is 30.7 Å².